The molecule has 2 heterocycles. The summed E-state index contributed by atoms with van der Waals surface area (Å²) in [4.78, 5) is 32.7. The third kappa shape index (κ3) is 6.26. The quantitative estimate of drug-likeness (QED) is 0.392. The van der Waals surface area contributed by atoms with Crippen LogP contribution in [0.15, 0.2) is 66.9 Å². The number of benzene rings is 2. The van der Waals surface area contributed by atoms with Crippen molar-refractivity contribution in [3.8, 4) is 11.6 Å². The van der Waals surface area contributed by atoms with E-state index in [1.54, 1.807) is 29.2 Å². The van der Waals surface area contributed by atoms with E-state index in [-0.39, 0.29) is 17.7 Å². The van der Waals surface area contributed by atoms with Crippen molar-refractivity contribution < 1.29 is 19.4 Å². The maximum Gasteiger partial charge on any atom is 0.253 e. The number of ether oxygens (including phenoxy) is 1. The van der Waals surface area contributed by atoms with Crippen molar-refractivity contribution in [2.75, 3.05) is 13.1 Å². The van der Waals surface area contributed by atoms with Crippen LogP contribution in [0, 0.1) is 18.3 Å². The molecule has 0 spiro atoms. The van der Waals surface area contributed by atoms with Crippen molar-refractivity contribution in [2.45, 2.75) is 52.7 Å². The van der Waals surface area contributed by atoms with Gasteiger partial charge in [0.25, 0.3) is 5.91 Å². The lowest BCUT2D eigenvalue weighted by Gasteiger charge is -2.51. The van der Waals surface area contributed by atoms with Crippen LogP contribution in [0.4, 0.5) is 0 Å². The zero-order valence-corrected chi connectivity index (χ0v) is 23.8. The molecular formula is C31H36ClN3O4. The van der Waals surface area contributed by atoms with Crippen molar-refractivity contribution in [3.05, 3.63) is 88.6 Å². The molecule has 1 aliphatic heterocycles. The van der Waals surface area contributed by atoms with Crippen LogP contribution in [0.25, 0.3) is 0 Å². The topological polar surface area (TPSA) is 91.8 Å². The van der Waals surface area contributed by atoms with E-state index in [0.717, 1.165) is 11.1 Å². The number of piperidine rings is 1. The van der Waals surface area contributed by atoms with Crippen LogP contribution in [0.2, 0.25) is 5.02 Å². The molecule has 0 unspecified atom stereocenters. The molecule has 4 rings (SSSR count). The molecule has 39 heavy (non-hydrogen) atoms. The second-order valence-electron chi connectivity index (χ2n) is 11.3. The molecule has 0 bridgehead atoms. The Morgan fingerprint density at radius 3 is 2.28 bits per heavy atom. The van der Waals surface area contributed by atoms with Gasteiger partial charge in [-0.1, -0.05) is 69.1 Å². The minimum atomic E-state index is -1.11. The van der Waals surface area contributed by atoms with Crippen LogP contribution in [0.5, 0.6) is 11.6 Å². The Kier molecular flexibility index (Phi) is 8.33. The third-order valence-corrected chi connectivity index (χ3v) is 7.80. The number of pyridine rings is 1. The third-order valence-electron chi connectivity index (χ3n) is 7.54. The first-order valence-corrected chi connectivity index (χ1v) is 13.6. The Balaban J connectivity index is 1.43. The maximum atomic E-state index is 13.6. The maximum absolute atomic E-state index is 13.6. The summed E-state index contributed by atoms with van der Waals surface area (Å²) in [6.45, 7) is 10.4. The molecule has 1 aromatic heterocycles. The van der Waals surface area contributed by atoms with Crippen LogP contribution < -0.4 is 10.1 Å². The van der Waals surface area contributed by atoms with Crippen LogP contribution >= 0.6 is 11.6 Å². The molecule has 0 radical (unpaired) electrons. The number of hydrogen-bond acceptors (Lipinski definition) is 5. The number of aromatic nitrogens is 1. The molecule has 1 fully saturated rings. The van der Waals surface area contributed by atoms with E-state index in [4.69, 9.17) is 16.3 Å². The lowest BCUT2D eigenvalue weighted by atomic mass is 9.66. The normalized spacial score (nSPS) is 19.4. The lowest BCUT2D eigenvalue weighted by molar-refractivity contribution is -0.155. The molecule has 0 saturated carbocycles. The van der Waals surface area contributed by atoms with Crippen LogP contribution in [-0.4, -0.2) is 45.9 Å². The molecular weight excluding hydrogens is 514 g/mol. The van der Waals surface area contributed by atoms with Gasteiger partial charge in [0.15, 0.2) is 0 Å². The fourth-order valence-electron chi connectivity index (χ4n) is 5.01. The number of nitrogens with zero attached hydrogens (tertiary/aromatic N) is 2. The van der Waals surface area contributed by atoms with Crippen LogP contribution in [0.3, 0.4) is 0 Å². The van der Waals surface area contributed by atoms with Crippen molar-refractivity contribution >= 4 is 23.4 Å². The van der Waals surface area contributed by atoms with Gasteiger partial charge >= 0.3 is 0 Å². The van der Waals surface area contributed by atoms with Gasteiger partial charge in [-0.2, -0.15) is 0 Å². The average molecular weight is 550 g/mol. The van der Waals surface area contributed by atoms with E-state index in [2.05, 4.69) is 10.3 Å². The van der Waals surface area contributed by atoms with Gasteiger partial charge in [-0.05, 0) is 55.2 Å². The molecule has 0 aliphatic carbocycles. The van der Waals surface area contributed by atoms with Crippen molar-refractivity contribution in [3.63, 3.8) is 0 Å². The standard InChI is InChI=1S/C31H36ClN3O4/c1-20(2)27(34-28(36)22-8-15-26(33-18-22)39-25-13-6-21(3)7-14-25)29(37)35-17-16-31(38,30(4,5)19-35)23-9-11-24(32)12-10-23/h6-15,18,20,27,38H,16-17,19H2,1-5H3,(H,34,36)/t27-,31+/m1/s1. The summed E-state index contributed by atoms with van der Waals surface area (Å²) in [5.74, 6) is 0.333. The second kappa shape index (κ2) is 11.4. The Bertz CT molecular complexity index is 1310. The molecule has 1 saturated heterocycles. The van der Waals surface area contributed by atoms with E-state index in [0.29, 0.717) is 41.7 Å². The fourth-order valence-corrected chi connectivity index (χ4v) is 5.13. The summed E-state index contributed by atoms with van der Waals surface area (Å²) >= 11 is 6.05. The number of likely N-dealkylation sites (tertiary alicyclic amines) is 1. The van der Waals surface area contributed by atoms with Gasteiger partial charge in [-0.25, -0.2) is 4.98 Å². The van der Waals surface area contributed by atoms with Gasteiger partial charge in [-0.3, -0.25) is 9.59 Å². The fraction of sp³-hybridized carbons (Fsp3) is 0.387. The summed E-state index contributed by atoms with van der Waals surface area (Å²) in [6.07, 6.45) is 1.81. The predicted octanol–water partition coefficient (Wildman–Crippen LogP) is 5.74. The molecule has 1 aliphatic rings. The minimum absolute atomic E-state index is 0.140. The molecule has 2 amide bonds. The Hall–Kier alpha value is -3.42. The van der Waals surface area contributed by atoms with Crippen LogP contribution in [0.1, 0.15) is 55.6 Å². The number of rotatable bonds is 7. The SMILES string of the molecule is Cc1ccc(Oc2ccc(C(=O)N[C@@H](C(=O)N3CC[C@](O)(c4ccc(Cl)cc4)C(C)(C)C3)C(C)C)cn2)cc1. The average Bonchev–Trinajstić information content (AvgIpc) is 2.90. The van der Waals surface area contributed by atoms with Gasteiger partial charge in [0.05, 0.1) is 11.2 Å². The number of nitrogens with one attached hydrogen (secondary N) is 1. The first-order valence-electron chi connectivity index (χ1n) is 13.2. The monoisotopic (exact) mass is 549 g/mol. The Morgan fingerprint density at radius 1 is 1.05 bits per heavy atom. The second-order valence-corrected chi connectivity index (χ2v) is 11.7. The minimum Gasteiger partial charge on any atom is -0.439 e. The summed E-state index contributed by atoms with van der Waals surface area (Å²) in [7, 11) is 0. The first kappa shape index (κ1) is 28.6. The van der Waals surface area contributed by atoms with Gasteiger partial charge in [-0.15, -0.1) is 0 Å². The number of amides is 2. The summed E-state index contributed by atoms with van der Waals surface area (Å²) in [6, 6.07) is 17.3. The zero-order chi connectivity index (χ0) is 28.4. The highest BCUT2D eigenvalue weighted by Crippen LogP contribution is 2.46. The molecule has 2 atom stereocenters. The molecule has 8 heteroatoms. The number of aryl methyl sites for hydroxylation is 1. The lowest BCUT2D eigenvalue weighted by Crippen LogP contribution is -2.60. The molecule has 2 aromatic carbocycles. The van der Waals surface area contributed by atoms with Crippen molar-refractivity contribution in [1.82, 2.24) is 15.2 Å². The molecule has 2 N–H and O–H groups in total. The van der Waals surface area contributed by atoms with Gasteiger partial charge in [0, 0.05) is 35.8 Å². The largest absolute Gasteiger partial charge is 0.439 e. The Morgan fingerprint density at radius 2 is 1.72 bits per heavy atom. The van der Waals surface area contributed by atoms with E-state index >= 15 is 0 Å². The highest BCUT2D eigenvalue weighted by Gasteiger charge is 2.50. The number of carbonyl (C=O) groups excluding carboxylic acids is 2. The number of hydrogen-bond donors (Lipinski definition) is 2. The number of halogens is 1. The molecule has 3 aromatic rings. The van der Waals surface area contributed by atoms with E-state index in [1.165, 1.54) is 6.20 Å². The summed E-state index contributed by atoms with van der Waals surface area (Å²) < 4.78 is 5.75. The smallest absolute Gasteiger partial charge is 0.253 e. The van der Waals surface area contributed by atoms with Crippen LogP contribution in [-0.2, 0) is 10.4 Å². The molecule has 7 nitrogen and oxygen atoms in total. The van der Waals surface area contributed by atoms with E-state index in [1.807, 2.05) is 71.0 Å². The number of aliphatic hydroxyl groups is 1. The first-order chi connectivity index (χ1) is 18.4. The Labute approximate surface area is 235 Å². The number of carbonyl (C=O) groups is 2. The van der Waals surface area contributed by atoms with Crippen molar-refractivity contribution in [2.24, 2.45) is 11.3 Å². The highest BCUT2D eigenvalue weighted by molar-refractivity contribution is 6.30. The van der Waals surface area contributed by atoms with Gasteiger partial charge in [0.2, 0.25) is 11.8 Å². The van der Waals surface area contributed by atoms with E-state index in [9.17, 15) is 14.7 Å². The molecule has 206 valence electrons. The van der Waals surface area contributed by atoms with E-state index < -0.39 is 17.1 Å². The van der Waals surface area contributed by atoms with Gasteiger partial charge < -0.3 is 20.1 Å². The van der Waals surface area contributed by atoms with Crippen molar-refractivity contribution in [1.29, 1.82) is 0 Å². The van der Waals surface area contributed by atoms with Gasteiger partial charge in [0.1, 0.15) is 11.8 Å². The zero-order valence-electron chi connectivity index (χ0n) is 23.1. The highest BCUT2D eigenvalue weighted by atomic mass is 35.5. The summed E-state index contributed by atoms with van der Waals surface area (Å²) in [5.41, 5.74) is 0.499. The predicted molar refractivity (Wildman–Crippen MR) is 152 cm³/mol. The summed E-state index contributed by atoms with van der Waals surface area (Å²) in [5, 5.41) is 15.2.